The van der Waals surface area contributed by atoms with Gasteiger partial charge >= 0.3 is 0 Å². The van der Waals surface area contributed by atoms with Gasteiger partial charge in [0.2, 0.25) is 11.8 Å². The maximum Gasteiger partial charge on any atom is 0.248 e. The molecule has 2 rings (SSSR count). The Hall–Kier alpha value is -1.14. The van der Waals surface area contributed by atoms with Crippen LogP contribution >= 0.6 is 15.9 Å². The molecule has 1 aliphatic heterocycles. The lowest BCUT2D eigenvalue weighted by Crippen LogP contribution is -2.57. The lowest BCUT2D eigenvalue weighted by atomic mass is 10.1. The number of hydrogen-bond acceptors (Lipinski definition) is 4. The highest BCUT2D eigenvalue weighted by Gasteiger charge is 2.32. The maximum atomic E-state index is 11.4. The molecule has 0 spiro atoms. The molecule has 92 valence electrons. The molecule has 17 heavy (non-hydrogen) atoms. The first-order valence-corrected chi connectivity index (χ1v) is 6.04. The summed E-state index contributed by atoms with van der Waals surface area (Å²) >= 11 is 3.36. The van der Waals surface area contributed by atoms with Crippen molar-refractivity contribution in [2.45, 2.75) is 6.10 Å². The van der Waals surface area contributed by atoms with Crippen molar-refractivity contribution < 1.29 is 14.3 Å². The fourth-order valence-corrected chi connectivity index (χ4v) is 1.90. The molecular weight excluding hydrogens is 288 g/mol. The molecule has 0 unspecified atom stereocenters. The quantitative estimate of drug-likeness (QED) is 0.835. The third-order valence-electron chi connectivity index (χ3n) is 2.47. The van der Waals surface area contributed by atoms with Gasteiger partial charge in [-0.05, 0) is 28.1 Å². The average Bonchev–Trinajstić information content (AvgIpc) is 2.25. The van der Waals surface area contributed by atoms with Crippen LogP contribution in [0.25, 0.3) is 0 Å². The van der Waals surface area contributed by atoms with E-state index in [9.17, 15) is 4.79 Å². The highest BCUT2D eigenvalue weighted by molar-refractivity contribution is 9.10. The van der Waals surface area contributed by atoms with E-state index in [4.69, 9.17) is 9.47 Å². The zero-order valence-corrected chi connectivity index (χ0v) is 11.0. The highest BCUT2D eigenvalue weighted by atomic mass is 79.9. The van der Waals surface area contributed by atoms with E-state index in [1.807, 2.05) is 12.1 Å². The van der Waals surface area contributed by atoms with Crippen LogP contribution in [0.5, 0.6) is 5.88 Å². The second-order valence-electron chi connectivity index (χ2n) is 3.76. The molecule has 1 amide bonds. The predicted molar refractivity (Wildman–Crippen MR) is 64.8 cm³/mol. The number of amides is 1. The number of aromatic nitrogens is 1. The zero-order chi connectivity index (χ0) is 12.3. The van der Waals surface area contributed by atoms with E-state index in [0.29, 0.717) is 19.0 Å². The van der Waals surface area contributed by atoms with Crippen molar-refractivity contribution in [1.29, 1.82) is 0 Å². The summed E-state index contributed by atoms with van der Waals surface area (Å²) < 4.78 is 11.2. The van der Waals surface area contributed by atoms with Crippen molar-refractivity contribution in [2.24, 2.45) is 0 Å². The van der Waals surface area contributed by atoms with Gasteiger partial charge in [0.1, 0.15) is 12.7 Å². The maximum absolute atomic E-state index is 11.4. The van der Waals surface area contributed by atoms with Gasteiger partial charge in [-0.3, -0.25) is 4.79 Å². The Labute approximate surface area is 108 Å². The van der Waals surface area contributed by atoms with Crippen molar-refractivity contribution in [1.82, 2.24) is 9.88 Å². The number of nitrogens with zero attached hydrogens (tertiary/aromatic N) is 2. The van der Waals surface area contributed by atoms with Gasteiger partial charge < -0.3 is 14.4 Å². The molecule has 1 aliphatic rings. The molecule has 0 bridgehead atoms. The van der Waals surface area contributed by atoms with Crippen LogP contribution in [0, 0.1) is 0 Å². The van der Waals surface area contributed by atoms with Crippen LogP contribution in [0.15, 0.2) is 22.8 Å². The van der Waals surface area contributed by atoms with Crippen LogP contribution in [0.1, 0.15) is 0 Å². The second-order valence-corrected chi connectivity index (χ2v) is 4.62. The number of rotatable bonds is 4. The molecule has 6 heteroatoms. The molecule has 0 atom stereocenters. The van der Waals surface area contributed by atoms with Gasteiger partial charge in [-0.1, -0.05) is 0 Å². The molecule has 0 N–H and O–H groups in total. The van der Waals surface area contributed by atoms with E-state index < -0.39 is 0 Å². The van der Waals surface area contributed by atoms with Crippen molar-refractivity contribution in [3.8, 4) is 5.88 Å². The van der Waals surface area contributed by atoms with Gasteiger partial charge in [0.05, 0.1) is 17.6 Å². The van der Waals surface area contributed by atoms with Gasteiger partial charge in [-0.15, -0.1) is 0 Å². The smallest absolute Gasteiger partial charge is 0.248 e. The summed E-state index contributed by atoms with van der Waals surface area (Å²) in [5.41, 5.74) is 0. The molecule has 0 aliphatic carbocycles. The number of hydrogen-bond donors (Lipinski definition) is 0. The number of pyridine rings is 1. The van der Waals surface area contributed by atoms with Gasteiger partial charge in [-0.2, -0.15) is 0 Å². The van der Waals surface area contributed by atoms with Gasteiger partial charge in [0, 0.05) is 13.3 Å². The molecular formula is C11H13BrN2O3. The average molecular weight is 301 g/mol. The summed E-state index contributed by atoms with van der Waals surface area (Å²) in [6, 6.07) is 3.70. The Balaban J connectivity index is 1.81. The largest absolute Gasteiger partial charge is 0.470 e. The highest BCUT2D eigenvalue weighted by Crippen LogP contribution is 2.24. The lowest BCUT2D eigenvalue weighted by molar-refractivity contribution is -0.144. The Morgan fingerprint density at radius 2 is 2.41 bits per heavy atom. The van der Waals surface area contributed by atoms with Gasteiger partial charge in [0.25, 0.3) is 0 Å². The van der Waals surface area contributed by atoms with Crippen LogP contribution < -0.4 is 4.74 Å². The van der Waals surface area contributed by atoms with E-state index >= 15 is 0 Å². The Kier molecular flexibility index (Phi) is 3.96. The predicted octanol–water partition coefficient (Wildman–Crippen LogP) is 1.08. The Morgan fingerprint density at radius 1 is 1.65 bits per heavy atom. The molecule has 1 fully saturated rings. The Bertz CT molecular complexity index is 407. The number of likely N-dealkylation sites (tertiary alicyclic amines) is 1. The molecule has 1 aromatic rings. The van der Waals surface area contributed by atoms with Crippen molar-refractivity contribution in [2.75, 3.05) is 26.8 Å². The monoisotopic (exact) mass is 300 g/mol. The first-order valence-electron chi connectivity index (χ1n) is 5.24. The molecule has 0 saturated carbocycles. The van der Waals surface area contributed by atoms with Crippen molar-refractivity contribution >= 4 is 21.8 Å². The Morgan fingerprint density at radius 3 is 3.06 bits per heavy atom. The number of carbonyl (C=O) groups is 1. The summed E-state index contributed by atoms with van der Waals surface area (Å²) in [4.78, 5) is 17.2. The number of halogens is 1. The van der Waals surface area contributed by atoms with E-state index in [-0.39, 0.29) is 18.6 Å². The minimum Gasteiger partial charge on any atom is -0.470 e. The third-order valence-corrected chi connectivity index (χ3v) is 3.08. The molecule has 2 heterocycles. The normalized spacial score (nSPS) is 15.5. The molecule has 5 nitrogen and oxygen atoms in total. The topological polar surface area (TPSA) is 51.7 Å². The summed E-state index contributed by atoms with van der Waals surface area (Å²) in [5.74, 6) is 0.559. The molecule has 0 aromatic carbocycles. The van der Waals surface area contributed by atoms with Crippen LogP contribution in [-0.4, -0.2) is 48.7 Å². The van der Waals surface area contributed by atoms with Crippen LogP contribution in [0.3, 0.4) is 0 Å². The van der Waals surface area contributed by atoms with Gasteiger partial charge in [-0.25, -0.2) is 4.98 Å². The van der Waals surface area contributed by atoms with Crippen LogP contribution in [0.2, 0.25) is 0 Å². The summed E-state index contributed by atoms with van der Waals surface area (Å²) in [6.07, 6.45) is 1.69. The van der Waals surface area contributed by atoms with E-state index in [1.165, 1.54) is 7.11 Å². The molecule has 1 saturated heterocycles. The fraction of sp³-hybridized carbons (Fsp3) is 0.455. The summed E-state index contributed by atoms with van der Waals surface area (Å²) in [7, 11) is 1.51. The molecule has 0 radical (unpaired) electrons. The standard InChI is InChI=1S/C11H13BrN2O3/c1-16-7-10(15)14-5-8(6-14)17-11-9(12)3-2-4-13-11/h2-4,8H,5-7H2,1H3. The van der Waals surface area contributed by atoms with Crippen LogP contribution in [0.4, 0.5) is 0 Å². The number of carbonyl (C=O) groups excluding carboxylic acids is 1. The SMILES string of the molecule is COCC(=O)N1CC(Oc2ncccc2Br)C1. The first-order chi connectivity index (χ1) is 8.20. The number of methoxy groups -OCH3 is 1. The first kappa shape index (κ1) is 12.3. The van der Waals surface area contributed by atoms with E-state index in [1.54, 1.807) is 11.1 Å². The summed E-state index contributed by atoms with van der Waals surface area (Å²) in [5, 5.41) is 0. The minimum atomic E-state index is -0.00700. The number of ether oxygens (including phenoxy) is 2. The molecule has 1 aromatic heterocycles. The van der Waals surface area contributed by atoms with Gasteiger partial charge in [0.15, 0.2) is 0 Å². The van der Waals surface area contributed by atoms with Crippen molar-refractivity contribution in [3.05, 3.63) is 22.8 Å². The van der Waals surface area contributed by atoms with E-state index in [0.717, 1.165) is 4.47 Å². The lowest BCUT2D eigenvalue weighted by Gasteiger charge is -2.38. The van der Waals surface area contributed by atoms with Crippen molar-refractivity contribution in [3.63, 3.8) is 0 Å². The second kappa shape index (κ2) is 5.46. The third kappa shape index (κ3) is 2.95. The minimum absolute atomic E-state index is 0.00700. The van der Waals surface area contributed by atoms with E-state index in [2.05, 4.69) is 20.9 Å². The fourth-order valence-electron chi connectivity index (χ4n) is 1.55. The van der Waals surface area contributed by atoms with Crippen LogP contribution in [-0.2, 0) is 9.53 Å². The zero-order valence-electron chi connectivity index (χ0n) is 9.43. The summed E-state index contributed by atoms with van der Waals surface area (Å²) in [6.45, 7) is 1.30.